The highest BCUT2D eigenvalue weighted by molar-refractivity contribution is 5.75. The Morgan fingerprint density at radius 2 is 2.27 bits per heavy atom. The van der Waals surface area contributed by atoms with Crippen LogP contribution in [0.1, 0.15) is 46.0 Å². The Bertz CT molecular complexity index is 188. The molecule has 0 aromatic carbocycles. The van der Waals surface area contributed by atoms with Gasteiger partial charge in [0.1, 0.15) is 0 Å². The molecule has 1 atom stereocenters. The zero-order chi connectivity index (χ0) is 11.1. The second-order valence-corrected chi connectivity index (χ2v) is 4.34. The Kier molecular flexibility index (Phi) is 5.69. The molecule has 0 saturated carbocycles. The summed E-state index contributed by atoms with van der Waals surface area (Å²) in [5, 5.41) is 3.45. The lowest BCUT2D eigenvalue weighted by molar-refractivity contribution is -0.131. The van der Waals surface area contributed by atoms with Crippen molar-refractivity contribution >= 4 is 5.91 Å². The molecule has 1 unspecified atom stereocenters. The summed E-state index contributed by atoms with van der Waals surface area (Å²) in [5.41, 5.74) is 0. The Labute approximate surface area is 93.2 Å². The molecule has 1 saturated heterocycles. The lowest BCUT2D eigenvalue weighted by Gasteiger charge is -2.25. The molecule has 88 valence electrons. The van der Waals surface area contributed by atoms with Crippen LogP contribution in [0, 0.1) is 0 Å². The van der Waals surface area contributed by atoms with Gasteiger partial charge in [0, 0.05) is 25.6 Å². The number of hydrogen-bond donors (Lipinski definition) is 1. The molecule has 1 amide bonds. The van der Waals surface area contributed by atoms with E-state index >= 15 is 0 Å². The van der Waals surface area contributed by atoms with Gasteiger partial charge in [0.2, 0.25) is 5.91 Å². The molecule has 0 aliphatic carbocycles. The number of nitrogens with zero attached hydrogens (tertiary/aromatic N) is 1. The zero-order valence-corrected chi connectivity index (χ0v) is 10.1. The second-order valence-electron chi connectivity index (χ2n) is 4.34. The molecule has 1 aliphatic rings. The summed E-state index contributed by atoms with van der Waals surface area (Å²) in [4.78, 5) is 13.7. The molecule has 1 heterocycles. The van der Waals surface area contributed by atoms with Crippen LogP contribution in [0.15, 0.2) is 0 Å². The average molecular weight is 212 g/mol. The first-order valence-corrected chi connectivity index (χ1v) is 6.29. The highest BCUT2D eigenvalue weighted by atomic mass is 16.2. The van der Waals surface area contributed by atoms with Crippen LogP contribution in [0.2, 0.25) is 0 Å². The van der Waals surface area contributed by atoms with Gasteiger partial charge in [-0.1, -0.05) is 20.3 Å². The van der Waals surface area contributed by atoms with Gasteiger partial charge in [-0.15, -0.1) is 0 Å². The summed E-state index contributed by atoms with van der Waals surface area (Å²) >= 11 is 0. The Morgan fingerprint density at radius 3 is 2.80 bits per heavy atom. The fraction of sp³-hybridized carbons (Fsp3) is 0.917. The van der Waals surface area contributed by atoms with E-state index in [0.29, 0.717) is 18.4 Å². The van der Waals surface area contributed by atoms with Crippen molar-refractivity contribution in [2.24, 2.45) is 0 Å². The van der Waals surface area contributed by atoms with Gasteiger partial charge in [-0.25, -0.2) is 0 Å². The zero-order valence-electron chi connectivity index (χ0n) is 10.1. The summed E-state index contributed by atoms with van der Waals surface area (Å²) in [6.07, 6.45) is 5.40. The molecule has 3 nitrogen and oxygen atoms in total. The lowest BCUT2D eigenvalue weighted by atomic mass is 10.2. The van der Waals surface area contributed by atoms with Crippen molar-refractivity contribution in [1.82, 2.24) is 10.2 Å². The van der Waals surface area contributed by atoms with Crippen LogP contribution in [-0.4, -0.2) is 36.5 Å². The van der Waals surface area contributed by atoms with E-state index in [0.717, 1.165) is 32.5 Å². The van der Waals surface area contributed by atoms with E-state index in [1.807, 2.05) is 11.8 Å². The normalized spacial score (nSPS) is 20.5. The Morgan fingerprint density at radius 1 is 1.47 bits per heavy atom. The molecule has 1 rings (SSSR count). The van der Waals surface area contributed by atoms with Crippen LogP contribution in [0.5, 0.6) is 0 Å². The van der Waals surface area contributed by atoms with Gasteiger partial charge in [-0.3, -0.25) is 4.79 Å². The van der Waals surface area contributed by atoms with Crippen molar-refractivity contribution in [1.29, 1.82) is 0 Å². The maximum Gasteiger partial charge on any atom is 0.222 e. The molecule has 15 heavy (non-hydrogen) atoms. The van der Waals surface area contributed by atoms with Crippen LogP contribution in [0.4, 0.5) is 0 Å². The molecule has 0 aromatic rings. The highest BCUT2D eigenvalue weighted by Crippen LogP contribution is 2.08. The van der Waals surface area contributed by atoms with Crippen LogP contribution in [0.3, 0.4) is 0 Å². The topological polar surface area (TPSA) is 32.3 Å². The van der Waals surface area contributed by atoms with E-state index in [2.05, 4.69) is 12.2 Å². The molecule has 3 heteroatoms. The number of nitrogens with one attached hydrogen (secondary N) is 1. The van der Waals surface area contributed by atoms with Gasteiger partial charge >= 0.3 is 0 Å². The minimum atomic E-state index is 0.303. The monoisotopic (exact) mass is 212 g/mol. The first-order chi connectivity index (χ1) is 7.27. The molecule has 0 radical (unpaired) electrons. The van der Waals surface area contributed by atoms with Crippen LogP contribution in [0.25, 0.3) is 0 Å². The molecule has 1 N–H and O–H groups in total. The minimum absolute atomic E-state index is 0.303. The number of amides is 1. The highest BCUT2D eigenvalue weighted by Gasteiger charge is 2.19. The van der Waals surface area contributed by atoms with Gasteiger partial charge < -0.3 is 10.2 Å². The first-order valence-electron chi connectivity index (χ1n) is 6.29. The van der Waals surface area contributed by atoms with E-state index < -0.39 is 0 Å². The van der Waals surface area contributed by atoms with Crippen molar-refractivity contribution in [3.05, 3.63) is 0 Å². The quantitative estimate of drug-likeness (QED) is 0.728. The first kappa shape index (κ1) is 12.5. The predicted octanol–water partition coefficient (Wildman–Crippen LogP) is 1.78. The minimum Gasteiger partial charge on any atom is -0.341 e. The fourth-order valence-electron chi connectivity index (χ4n) is 2.07. The predicted molar refractivity (Wildman–Crippen MR) is 62.8 cm³/mol. The summed E-state index contributed by atoms with van der Waals surface area (Å²) in [6.45, 7) is 7.08. The number of carbonyl (C=O) groups excluding carboxylic acids is 1. The number of carbonyl (C=O) groups is 1. The van der Waals surface area contributed by atoms with Crippen LogP contribution < -0.4 is 5.32 Å². The number of unbranched alkanes of at least 4 members (excludes halogenated alkanes) is 1. The fourth-order valence-corrected chi connectivity index (χ4v) is 2.07. The summed E-state index contributed by atoms with van der Waals surface area (Å²) in [5.74, 6) is 0.303. The maximum absolute atomic E-state index is 11.7. The summed E-state index contributed by atoms with van der Waals surface area (Å²) in [6, 6.07) is 0.539. The Hall–Kier alpha value is -0.570. The van der Waals surface area contributed by atoms with Gasteiger partial charge in [-0.2, -0.15) is 0 Å². The smallest absolute Gasteiger partial charge is 0.222 e. The van der Waals surface area contributed by atoms with Gasteiger partial charge in [-0.05, 0) is 25.8 Å². The van der Waals surface area contributed by atoms with E-state index in [1.165, 1.54) is 12.8 Å². The molecule has 0 bridgehead atoms. The SMILES string of the molecule is CCCCN(CC1CCCN1)C(=O)CC. The molecule has 0 spiro atoms. The molecule has 1 fully saturated rings. The van der Waals surface area contributed by atoms with E-state index in [4.69, 9.17) is 0 Å². The third-order valence-electron chi connectivity index (χ3n) is 3.04. The van der Waals surface area contributed by atoms with Crippen molar-refractivity contribution in [2.45, 2.75) is 52.0 Å². The molecule has 1 aliphatic heterocycles. The Balaban J connectivity index is 2.36. The summed E-state index contributed by atoms with van der Waals surface area (Å²) < 4.78 is 0. The van der Waals surface area contributed by atoms with Crippen molar-refractivity contribution in [3.8, 4) is 0 Å². The average Bonchev–Trinajstić information content (AvgIpc) is 2.75. The lowest BCUT2D eigenvalue weighted by Crippen LogP contribution is -2.41. The van der Waals surface area contributed by atoms with E-state index in [9.17, 15) is 4.79 Å². The van der Waals surface area contributed by atoms with Crippen molar-refractivity contribution in [2.75, 3.05) is 19.6 Å². The number of hydrogen-bond acceptors (Lipinski definition) is 2. The van der Waals surface area contributed by atoms with Crippen LogP contribution >= 0.6 is 0 Å². The van der Waals surface area contributed by atoms with Gasteiger partial charge in [0.25, 0.3) is 0 Å². The van der Waals surface area contributed by atoms with E-state index in [-0.39, 0.29) is 0 Å². The summed E-state index contributed by atoms with van der Waals surface area (Å²) in [7, 11) is 0. The molecular formula is C12H24N2O. The molecular weight excluding hydrogens is 188 g/mol. The van der Waals surface area contributed by atoms with Gasteiger partial charge in [0.15, 0.2) is 0 Å². The third-order valence-corrected chi connectivity index (χ3v) is 3.04. The van der Waals surface area contributed by atoms with Crippen molar-refractivity contribution < 1.29 is 4.79 Å². The standard InChI is InChI=1S/C12H24N2O/c1-3-5-9-14(12(15)4-2)10-11-7-6-8-13-11/h11,13H,3-10H2,1-2H3. The molecule has 0 aromatic heterocycles. The van der Waals surface area contributed by atoms with Crippen molar-refractivity contribution in [3.63, 3.8) is 0 Å². The number of rotatable bonds is 6. The maximum atomic E-state index is 11.7. The second kappa shape index (κ2) is 6.83. The van der Waals surface area contributed by atoms with E-state index in [1.54, 1.807) is 0 Å². The third kappa shape index (κ3) is 4.20. The largest absolute Gasteiger partial charge is 0.341 e. The van der Waals surface area contributed by atoms with Gasteiger partial charge in [0.05, 0.1) is 0 Å². The van der Waals surface area contributed by atoms with Crippen LogP contribution in [-0.2, 0) is 4.79 Å².